The van der Waals surface area contributed by atoms with E-state index >= 15 is 0 Å². The second-order valence-electron chi connectivity index (χ2n) is 6.74. The van der Waals surface area contributed by atoms with E-state index in [1.54, 1.807) is 12.3 Å². The SMILES string of the molecule is CCn1ncc(C(=O)/C=C/c2cn(-c3ccccc3)nc2-c2ccccc2)c1C. The van der Waals surface area contributed by atoms with E-state index in [1.807, 2.05) is 96.1 Å². The van der Waals surface area contributed by atoms with Gasteiger partial charge in [-0.1, -0.05) is 48.5 Å². The van der Waals surface area contributed by atoms with E-state index in [0.717, 1.165) is 34.7 Å². The summed E-state index contributed by atoms with van der Waals surface area (Å²) < 4.78 is 3.66. The largest absolute Gasteiger partial charge is 0.289 e. The van der Waals surface area contributed by atoms with Gasteiger partial charge in [0.05, 0.1) is 23.1 Å². The average molecular weight is 382 g/mol. The molecule has 0 atom stereocenters. The van der Waals surface area contributed by atoms with Gasteiger partial charge < -0.3 is 0 Å². The lowest BCUT2D eigenvalue weighted by molar-refractivity contribution is 0.104. The molecule has 29 heavy (non-hydrogen) atoms. The van der Waals surface area contributed by atoms with Crippen LogP contribution in [0.5, 0.6) is 0 Å². The number of carbonyl (C=O) groups excluding carboxylic acids is 1. The fourth-order valence-corrected chi connectivity index (χ4v) is 3.31. The first kappa shape index (κ1) is 18.6. The number of allylic oxidation sites excluding steroid dienone is 1. The number of hydrogen-bond acceptors (Lipinski definition) is 3. The first-order valence-electron chi connectivity index (χ1n) is 9.62. The fourth-order valence-electron chi connectivity index (χ4n) is 3.31. The molecule has 0 radical (unpaired) electrons. The van der Waals surface area contributed by atoms with Gasteiger partial charge in [-0.3, -0.25) is 9.48 Å². The maximum absolute atomic E-state index is 12.7. The number of nitrogens with zero attached hydrogens (tertiary/aromatic N) is 4. The number of ketones is 1. The van der Waals surface area contributed by atoms with Gasteiger partial charge >= 0.3 is 0 Å². The molecule has 5 heteroatoms. The Bertz CT molecular complexity index is 1150. The Labute approximate surface area is 169 Å². The van der Waals surface area contributed by atoms with E-state index in [2.05, 4.69) is 5.10 Å². The van der Waals surface area contributed by atoms with Crippen molar-refractivity contribution in [1.82, 2.24) is 19.6 Å². The van der Waals surface area contributed by atoms with Crippen LogP contribution in [0.25, 0.3) is 23.0 Å². The molecule has 0 aliphatic rings. The normalized spacial score (nSPS) is 11.2. The molecule has 0 aliphatic carbocycles. The second kappa shape index (κ2) is 8.10. The number of aryl methyl sites for hydroxylation is 1. The first-order valence-corrected chi connectivity index (χ1v) is 9.62. The van der Waals surface area contributed by atoms with Crippen LogP contribution in [-0.2, 0) is 6.54 Å². The van der Waals surface area contributed by atoms with Crippen molar-refractivity contribution in [1.29, 1.82) is 0 Å². The lowest BCUT2D eigenvalue weighted by Crippen LogP contribution is -2.01. The van der Waals surface area contributed by atoms with Gasteiger partial charge in [-0.15, -0.1) is 0 Å². The Balaban J connectivity index is 1.72. The minimum atomic E-state index is -0.0614. The van der Waals surface area contributed by atoms with Gasteiger partial charge in [0.15, 0.2) is 5.78 Å². The van der Waals surface area contributed by atoms with Crippen molar-refractivity contribution in [2.75, 3.05) is 0 Å². The van der Waals surface area contributed by atoms with Crippen molar-refractivity contribution in [2.45, 2.75) is 20.4 Å². The molecule has 0 spiro atoms. The maximum atomic E-state index is 12.7. The summed E-state index contributed by atoms with van der Waals surface area (Å²) in [6, 6.07) is 19.9. The molecule has 0 saturated carbocycles. The lowest BCUT2D eigenvalue weighted by atomic mass is 10.1. The standard InChI is InChI=1S/C24H22N4O/c1-3-27-18(2)22(16-25-27)23(29)15-14-20-17-28(21-12-8-5-9-13-21)26-24(20)19-10-6-4-7-11-19/h4-17H,3H2,1-2H3/b15-14+. The second-order valence-corrected chi connectivity index (χ2v) is 6.74. The van der Waals surface area contributed by atoms with Crippen LogP contribution >= 0.6 is 0 Å². The molecule has 0 N–H and O–H groups in total. The van der Waals surface area contributed by atoms with Gasteiger partial charge in [-0.25, -0.2) is 4.68 Å². The summed E-state index contributed by atoms with van der Waals surface area (Å²) in [5.74, 6) is -0.0614. The molecule has 0 amide bonds. The van der Waals surface area contributed by atoms with E-state index in [0.29, 0.717) is 5.56 Å². The van der Waals surface area contributed by atoms with Gasteiger partial charge in [0.2, 0.25) is 0 Å². The summed E-state index contributed by atoms with van der Waals surface area (Å²) in [6.07, 6.45) is 7.02. The molecule has 0 fully saturated rings. The molecule has 0 bridgehead atoms. The minimum absolute atomic E-state index is 0.0614. The lowest BCUT2D eigenvalue weighted by Gasteiger charge is -2.00. The van der Waals surface area contributed by atoms with E-state index in [1.165, 1.54) is 0 Å². The molecule has 4 rings (SSSR count). The highest BCUT2D eigenvalue weighted by Gasteiger charge is 2.13. The highest BCUT2D eigenvalue weighted by molar-refractivity contribution is 6.07. The summed E-state index contributed by atoms with van der Waals surface area (Å²) >= 11 is 0. The van der Waals surface area contributed by atoms with Crippen molar-refractivity contribution < 1.29 is 4.79 Å². The van der Waals surface area contributed by atoms with Crippen molar-refractivity contribution in [3.05, 3.63) is 96.0 Å². The van der Waals surface area contributed by atoms with Crippen LogP contribution in [0.1, 0.15) is 28.5 Å². The Hall–Kier alpha value is -3.73. The van der Waals surface area contributed by atoms with E-state index in [4.69, 9.17) is 5.10 Å². The zero-order valence-electron chi connectivity index (χ0n) is 16.5. The predicted octanol–water partition coefficient (Wildman–Crippen LogP) is 4.96. The summed E-state index contributed by atoms with van der Waals surface area (Å²) in [4.78, 5) is 12.7. The van der Waals surface area contributed by atoms with Crippen LogP contribution in [0.2, 0.25) is 0 Å². The zero-order chi connectivity index (χ0) is 20.2. The molecule has 0 saturated heterocycles. The topological polar surface area (TPSA) is 52.7 Å². The third-order valence-corrected chi connectivity index (χ3v) is 4.89. The number of rotatable bonds is 6. The van der Waals surface area contributed by atoms with E-state index < -0.39 is 0 Å². The number of hydrogen-bond donors (Lipinski definition) is 0. The molecular weight excluding hydrogens is 360 g/mol. The number of benzene rings is 2. The van der Waals surface area contributed by atoms with Gasteiger partial charge in [0, 0.05) is 29.6 Å². The molecular formula is C24H22N4O. The molecule has 2 aromatic carbocycles. The number of carbonyl (C=O) groups is 1. The third-order valence-electron chi connectivity index (χ3n) is 4.89. The summed E-state index contributed by atoms with van der Waals surface area (Å²) in [5.41, 5.74) is 5.19. The first-order chi connectivity index (χ1) is 14.2. The van der Waals surface area contributed by atoms with Crippen LogP contribution in [0.3, 0.4) is 0 Å². The molecule has 2 aromatic heterocycles. The van der Waals surface area contributed by atoms with Gasteiger partial charge in [0.25, 0.3) is 0 Å². The fraction of sp³-hybridized carbons (Fsp3) is 0.125. The Morgan fingerprint density at radius 3 is 2.38 bits per heavy atom. The van der Waals surface area contributed by atoms with Crippen LogP contribution < -0.4 is 0 Å². The van der Waals surface area contributed by atoms with E-state index in [-0.39, 0.29) is 5.78 Å². The molecule has 4 aromatic rings. The van der Waals surface area contributed by atoms with Crippen molar-refractivity contribution in [3.63, 3.8) is 0 Å². The van der Waals surface area contributed by atoms with Crippen molar-refractivity contribution in [3.8, 4) is 16.9 Å². The Morgan fingerprint density at radius 2 is 1.72 bits per heavy atom. The predicted molar refractivity (Wildman–Crippen MR) is 115 cm³/mol. The maximum Gasteiger partial charge on any atom is 0.189 e. The van der Waals surface area contributed by atoms with Gasteiger partial charge in [-0.05, 0) is 38.1 Å². The third kappa shape index (κ3) is 3.80. The number of para-hydroxylation sites is 1. The summed E-state index contributed by atoms with van der Waals surface area (Å²) in [5, 5.41) is 9.04. The molecule has 144 valence electrons. The number of aromatic nitrogens is 4. The van der Waals surface area contributed by atoms with Crippen molar-refractivity contribution >= 4 is 11.9 Å². The van der Waals surface area contributed by atoms with Gasteiger partial charge in [-0.2, -0.15) is 10.2 Å². The smallest absolute Gasteiger partial charge is 0.189 e. The Kier molecular flexibility index (Phi) is 5.20. The van der Waals surface area contributed by atoms with Gasteiger partial charge in [0.1, 0.15) is 0 Å². The quantitative estimate of drug-likeness (QED) is 0.350. The minimum Gasteiger partial charge on any atom is -0.289 e. The molecule has 0 unspecified atom stereocenters. The van der Waals surface area contributed by atoms with Crippen molar-refractivity contribution in [2.24, 2.45) is 0 Å². The van der Waals surface area contributed by atoms with Crippen LogP contribution in [0.15, 0.2) is 79.1 Å². The molecule has 2 heterocycles. The van der Waals surface area contributed by atoms with Crippen LogP contribution in [0.4, 0.5) is 0 Å². The zero-order valence-corrected chi connectivity index (χ0v) is 16.5. The van der Waals surface area contributed by atoms with E-state index in [9.17, 15) is 4.79 Å². The van der Waals surface area contributed by atoms with Crippen LogP contribution in [-0.4, -0.2) is 25.3 Å². The highest BCUT2D eigenvalue weighted by Crippen LogP contribution is 2.25. The molecule has 0 aliphatic heterocycles. The Morgan fingerprint density at radius 1 is 1.03 bits per heavy atom. The average Bonchev–Trinajstić information content (AvgIpc) is 3.37. The summed E-state index contributed by atoms with van der Waals surface area (Å²) in [6.45, 7) is 4.67. The molecule has 5 nitrogen and oxygen atoms in total. The van der Waals surface area contributed by atoms with Crippen LogP contribution in [0, 0.1) is 6.92 Å². The monoisotopic (exact) mass is 382 g/mol. The summed E-state index contributed by atoms with van der Waals surface area (Å²) in [7, 11) is 0. The highest BCUT2D eigenvalue weighted by atomic mass is 16.1.